The van der Waals surface area contributed by atoms with Gasteiger partial charge in [0.25, 0.3) is 0 Å². The minimum absolute atomic E-state index is 0.108. The van der Waals surface area contributed by atoms with Crippen LogP contribution in [-0.2, 0) is 28.5 Å². The molecule has 0 saturated carbocycles. The molecule has 1 atom stereocenters. The van der Waals surface area contributed by atoms with Crippen LogP contribution in [0.5, 0.6) is 0 Å². The molecular formula is C43H84O6. The van der Waals surface area contributed by atoms with E-state index in [0.717, 1.165) is 37.5 Å². The van der Waals surface area contributed by atoms with Crippen molar-refractivity contribution in [3.63, 3.8) is 0 Å². The Hall–Kier alpha value is -1.14. The number of rotatable bonds is 39. The molecule has 0 radical (unpaired) electrons. The Labute approximate surface area is 305 Å². The second-order valence-corrected chi connectivity index (χ2v) is 15.5. The lowest BCUT2D eigenvalue weighted by molar-refractivity contribution is -0.148. The maximum absolute atomic E-state index is 12.0. The fraction of sp³-hybridized carbons (Fsp3) is 0.953. The SMILES string of the molecule is CC(C)CCCCCCCCCCCCCCC(=O)OCCOCC(C)OCCOC(=O)CCCCCCCCCCCCCCC(C)C. The number of carbonyl (C=O) groups is 2. The number of unbranched alkanes of at least 4 members (excludes halogenated alkanes) is 22. The number of esters is 2. The van der Waals surface area contributed by atoms with Crippen LogP contribution in [0, 0.1) is 11.8 Å². The first-order valence-electron chi connectivity index (χ1n) is 21.3. The topological polar surface area (TPSA) is 71.1 Å². The van der Waals surface area contributed by atoms with Crippen molar-refractivity contribution in [3.8, 4) is 0 Å². The molecule has 0 saturated heterocycles. The molecule has 0 fully saturated rings. The average Bonchev–Trinajstić information content (AvgIpc) is 3.06. The third-order valence-electron chi connectivity index (χ3n) is 9.42. The van der Waals surface area contributed by atoms with Crippen molar-refractivity contribution in [1.82, 2.24) is 0 Å². The highest BCUT2D eigenvalue weighted by molar-refractivity contribution is 5.69. The zero-order valence-corrected chi connectivity index (χ0v) is 33.5. The van der Waals surface area contributed by atoms with Crippen LogP contribution in [0.4, 0.5) is 0 Å². The zero-order chi connectivity index (χ0) is 36.0. The van der Waals surface area contributed by atoms with Crippen molar-refractivity contribution < 1.29 is 28.5 Å². The Balaban J connectivity index is 3.35. The van der Waals surface area contributed by atoms with Crippen molar-refractivity contribution in [2.75, 3.05) is 33.0 Å². The molecule has 0 aliphatic heterocycles. The van der Waals surface area contributed by atoms with Gasteiger partial charge in [-0.15, -0.1) is 0 Å². The van der Waals surface area contributed by atoms with E-state index in [0.29, 0.717) is 32.7 Å². The standard InChI is InChI=1S/C43H84O6/c1-39(2)30-26-22-18-14-10-6-8-12-16-20-24-28-32-42(44)48-35-34-46-38-41(5)47-36-37-49-43(45)33-29-25-21-17-13-9-7-11-15-19-23-27-31-40(3)4/h39-41H,6-38H2,1-5H3. The third kappa shape index (κ3) is 41.2. The number of carbonyl (C=O) groups excluding carboxylic acids is 2. The van der Waals surface area contributed by atoms with E-state index in [4.69, 9.17) is 18.9 Å². The van der Waals surface area contributed by atoms with Crippen molar-refractivity contribution in [1.29, 1.82) is 0 Å². The second-order valence-electron chi connectivity index (χ2n) is 15.5. The van der Waals surface area contributed by atoms with Crippen LogP contribution >= 0.6 is 0 Å². The molecule has 0 aromatic rings. The summed E-state index contributed by atoms with van der Waals surface area (Å²) in [4.78, 5) is 23.9. The first-order chi connectivity index (χ1) is 23.8. The smallest absolute Gasteiger partial charge is 0.305 e. The van der Waals surface area contributed by atoms with Crippen LogP contribution in [0.15, 0.2) is 0 Å². The van der Waals surface area contributed by atoms with E-state index in [9.17, 15) is 9.59 Å². The summed E-state index contributed by atoms with van der Waals surface area (Å²) in [6.07, 6.45) is 34.7. The van der Waals surface area contributed by atoms with Gasteiger partial charge < -0.3 is 18.9 Å². The second kappa shape index (κ2) is 38.1. The summed E-state index contributed by atoms with van der Waals surface area (Å²) >= 11 is 0. The maximum atomic E-state index is 12.0. The highest BCUT2D eigenvalue weighted by atomic mass is 16.6. The van der Waals surface area contributed by atoms with Gasteiger partial charge in [0.1, 0.15) is 13.2 Å². The molecule has 6 nitrogen and oxygen atoms in total. The molecule has 0 amide bonds. The van der Waals surface area contributed by atoms with Gasteiger partial charge in [-0.3, -0.25) is 9.59 Å². The molecular weight excluding hydrogens is 612 g/mol. The van der Waals surface area contributed by atoms with Gasteiger partial charge in [-0.05, 0) is 31.6 Å². The van der Waals surface area contributed by atoms with Crippen molar-refractivity contribution in [2.24, 2.45) is 11.8 Å². The summed E-state index contributed by atoms with van der Waals surface area (Å²) in [5.74, 6) is 1.43. The summed E-state index contributed by atoms with van der Waals surface area (Å²) in [5.41, 5.74) is 0. The molecule has 6 heteroatoms. The van der Waals surface area contributed by atoms with E-state index in [-0.39, 0.29) is 31.3 Å². The number of hydrogen-bond acceptors (Lipinski definition) is 6. The largest absolute Gasteiger partial charge is 0.463 e. The van der Waals surface area contributed by atoms with E-state index in [1.54, 1.807) is 0 Å². The Bertz CT molecular complexity index is 694. The van der Waals surface area contributed by atoms with E-state index in [1.807, 2.05) is 6.92 Å². The van der Waals surface area contributed by atoms with Crippen LogP contribution in [0.2, 0.25) is 0 Å². The monoisotopic (exact) mass is 697 g/mol. The van der Waals surface area contributed by atoms with Crippen molar-refractivity contribution in [2.45, 2.75) is 221 Å². The minimum atomic E-state index is -0.133. The maximum Gasteiger partial charge on any atom is 0.305 e. The first kappa shape index (κ1) is 47.9. The number of ether oxygens (including phenoxy) is 4. The first-order valence-corrected chi connectivity index (χ1v) is 21.3. The molecule has 0 rings (SSSR count). The third-order valence-corrected chi connectivity index (χ3v) is 9.42. The lowest BCUT2D eigenvalue weighted by Gasteiger charge is -2.14. The van der Waals surface area contributed by atoms with Gasteiger partial charge >= 0.3 is 11.9 Å². The summed E-state index contributed by atoms with van der Waals surface area (Å²) in [6, 6.07) is 0. The lowest BCUT2D eigenvalue weighted by Crippen LogP contribution is -2.21. The summed E-state index contributed by atoms with van der Waals surface area (Å²) in [7, 11) is 0. The quantitative estimate of drug-likeness (QED) is 0.0470. The van der Waals surface area contributed by atoms with E-state index in [2.05, 4.69) is 27.7 Å². The van der Waals surface area contributed by atoms with Gasteiger partial charge in [0.2, 0.25) is 0 Å². The molecule has 0 aromatic carbocycles. The van der Waals surface area contributed by atoms with Crippen molar-refractivity contribution >= 4 is 11.9 Å². The van der Waals surface area contributed by atoms with Gasteiger partial charge in [0.05, 0.1) is 25.9 Å². The predicted octanol–water partition coefficient (Wildman–Crippen LogP) is 12.7. The van der Waals surface area contributed by atoms with Gasteiger partial charge in [-0.1, -0.05) is 182 Å². The summed E-state index contributed by atoms with van der Waals surface area (Å²) < 4.78 is 21.9. The lowest BCUT2D eigenvalue weighted by atomic mass is 10.0. The molecule has 292 valence electrons. The van der Waals surface area contributed by atoms with E-state index < -0.39 is 0 Å². The fourth-order valence-electron chi connectivity index (χ4n) is 6.24. The Kier molecular flexibility index (Phi) is 37.2. The highest BCUT2D eigenvalue weighted by Crippen LogP contribution is 2.16. The molecule has 0 aliphatic carbocycles. The zero-order valence-electron chi connectivity index (χ0n) is 33.5. The number of hydrogen-bond donors (Lipinski definition) is 0. The van der Waals surface area contributed by atoms with E-state index in [1.165, 1.54) is 141 Å². The highest BCUT2D eigenvalue weighted by Gasteiger charge is 2.07. The molecule has 0 heterocycles. The molecule has 0 spiro atoms. The summed E-state index contributed by atoms with van der Waals surface area (Å²) in [6.45, 7) is 12.9. The Morgan fingerprint density at radius 1 is 0.388 bits per heavy atom. The fourth-order valence-corrected chi connectivity index (χ4v) is 6.24. The molecule has 1 unspecified atom stereocenters. The van der Waals surface area contributed by atoms with Gasteiger partial charge in [-0.25, -0.2) is 0 Å². The average molecular weight is 697 g/mol. The van der Waals surface area contributed by atoms with Gasteiger partial charge in [0, 0.05) is 12.8 Å². The molecule has 0 aliphatic rings. The van der Waals surface area contributed by atoms with Crippen LogP contribution in [0.25, 0.3) is 0 Å². The summed E-state index contributed by atoms with van der Waals surface area (Å²) in [5, 5.41) is 0. The normalized spacial score (nSPS) is 12.2. The Morgan fingerprint density at radius 3 is 1.04 bits per heavy atom. The van der Waals surface area contributed by atoms with Gasteiger partial charge in [0.15, 0.2) is 0 Å². The Morgan fingerprint density at radius 2 is 0.694 bits per heavy atom. The van der Waals surface area contributed by atoms with Crippen LogP contribution < -0.4 is 0 Å². The van der Waals surface area contributed by atoms with Crippen LogP contribution in [0.1, 0.15) is 214 Å². The molecule has 0 bridgehead atoms. The molecule has 0 aromatic heterocycles. The van der Waals surface area contributed by atoms with Crippen LogP contribution in [-0.4, -0.2) is 51.1 Å². The minimum Gasteiger partial charge on any atom is -0.463 e. The van der Waals surface area contributed by atoms with E-state index >= 15 is 0 Å². The predicted molar refractivity (Wildman–Crippen MR) is 207 cm³/mol. The molecule has 49 heavy (non-hydrogen) atoms. The van der Waals surface area contributed by atoms with Crippen LogP contribution in [0.3, 0.4) is 0 Å². The van der Waals surface area contributed by atoms with Gasteiger partial charge in [-0.2, -0.15) is 0 Å². The molecule has 0 N–H and O–H groups in total. The van der Waals surface area contributed by atoms with Crippen molar-refractivity contribution in [3.05, 3.63) is 0 Å².